The number of hydrogen-bond donors (Lipinski definition) is 1. The van der Waals surface area contributed by atoms with Gasteiger partial charge in [-0.15, -0.1) is 10.2 Å². The second kappa shape index (κ2) is 10.5. The Hall–Kier alpha value is -3.71. The molecule has 4 aromatic rings. The average molecular weight is 471 g/mol. The van der Waals surface area contributed by atoms with Crippen molar-refractivity contribution in [3.8, 4) is 5.69 Å². The first kappa shape index (κ1) is 23.4. The maximum absolute atomic E-state index is 12.6. The van der Waals surface area contributed by atoms with Crippen LogP contribution in [0.15, 0.2) is 78.0 Å². The summed E-state index contributed by atoms with van der Waals surface area (Å²) in [6.45, 7) is 5.64. The summed E-state index contributed by atoms with van der Waals surface area (Å²) in [4.78, 5) is 24.3. The summed E-state index contributed by atoms with van der Waals surface area (Å²) in [7, 11) is 0. The van der Waals surface area contributed by atoms with Crippen LogP contribution in [0.1, 0.15) is 39.8 Å². The summed E-state index contributed by atoms with van der Waals surface area (Å²) >= 11 is 1.33. The number of benzene rings is 3. The maximum atomic E-state index is 12.6. The van der Waals surface area contributed by atoms with Gasteiger partial charge in [0, 0.05) is 17.7 Å². The lowest BCUT2D eigenvalue weighted by Crippen LogP contribution is -2.15. The molecule has 4 rings (SSSR count). The van der Waals surface area contributed by atoms with Crippen LogP contribution in [0.5, 0.6) is 0 Å². The molecule has 1 aromatic heterocycles. The first-order chi connectivity index (χ1) is 16.4. The first-order valence-corrected chi connectivity index (χ1v) is 12.0. The van der Waals surface area contributed by atoms with Crippen molar-refractivity contribution in [1.82, 2.24) is 14.8 Å². The van der Waals surface area contributed by atoms with Gasteiger partial charge in [0.2, 0.25) is 5.91 Å². The molecule has 0 spiro atoms. The van der Waals surface area contributed by atoms with Gasteiger partial charge < -0.3 is 5.32 Å². The lowest BCUT2D eigenvalue weighted by Gasteiger charge is -2.14. The van der Waals surface area contributed by atoms with E-state index in [4.69, 9.17) is 0 Å². The van der Waals surface area contributed by atoms with E-state index in [1.165, 1.54) is 24.2 Å². The van der Waals surface area contributed by atoms with Crippen LogP contribution >= 0.6 is 11.8 Å². The maximum Gasteiger partial charge on any atom is 0.234 e. The van der Waals surface area contributed by atoms with Gasteiger partial charge in [-0.3, -0.25) is 14.2 Å². The number of nitrogens with one attached hydrogen (secondary N) is 1. The molecule has 0 saturated carbocycles. The topological polar surface area (TPSA) is 76.9 Å². The van der Waals surface area contributed by atoms with Gasteiger partial charge in [-0.25, -0.2) is 0 Å². The zero-order chi connectivity index (χ0) is 24.1. The minimum Gasteiger partial charge on any atom is -0.325 e. The Bertz CT molecular complexity index is 1330. The minimum absolute atomic E-state index is 0.0435. The number of amides is 1. The van der Waals surface area contributed by atoms with E-state index in [2.05, 4.69) is 59.7 Å². The van der Waals surface area contributed by atoms with Crippen molar-refractivity contribution < 1.29 is 9.59 Å². The fraction of sp³-hybridized carbons (Fsp3) is 0.185. The van der Waals surface area contributed by atoms with E-state index in [1.54, 1.807) is 24.3 Å². The molecule has 0 radical (unpaired) electrons. The lowest BCUT2D eigenvalue weighted by molar-refractivity contribution is -0.113. The largest absolute Gasteiger partial charge is 0.325 e. The number of carbonyl (C=O) groups is 2. The highest BCUT2D eigenvalue weighted by Crippen LogP contribution is 2.26. The van der Waals surface area contributed by atoms with Crippen LogP contribution in [0.4, 0.5) is 5.69 Å². The second-order valence-corrected chi connectivity index (χ2v) is 9.10. The molecule has 34 heavy (non-hydrogen) atoms. The van der Waals surface area contributed by atoms with Crippen molar-refractivity contribution in [2.75, 3.05) is 11.1 Å². The van der Waals surface area contributed by atoms with Gasteiger partial charge in [0.05, 0.1) is 11.4 Å². The van der Waals surface area contributed by atoms with Crippen LogP contribution in [0.25, 0.3) is 5.69 Å². The SMILES string of the molecule is CC(=O)c1cccc(NC(=O)CSc2nnc(Cc3ccccc3)n2-c2ccc(C)cc2C)c1. The molecular formula is C27H26N4O2S. The number of ketones is 1. The standard InChI is InChI=1S/C27H26N4O2S/c1-18-12-13-24(19(2)14-18)31-25(15-21-8-5-4-6-9-21)29-30-27(31)34-17-26(33)28-23-11-7-10-22(16-23)20(3)32/h4-14,16H,15,17H2,1-3H3,(H,28,33). The number of carbonyl (C=O) groups excluding carboxylic acids is 2. The molecule has 0 saturated heterocycles. The second-order valence-electron chi connectivity index (χ2n) is 8.16. The normalized spacial score (nSPS) is 10.8. The number of hydrogen-bond acceptors (Lipinski definition) is 5. The van der Waals surface area contributed by atoms with Crippen LogP contribution in [0, 0.1) is 13.8 Å². The number of aromatic nitrogens is 3. The summed E-state index contributed by atoms with van der Waals surface area (Å²) in [5.74, 6) is 0.761. The molecule has 172 valence electrons. The summed E-state index contributed by atoms with van der Waals surface area (Å²) in [6.07, 6.45) is 0.631. The van der Waals surface area contributed by atoms with E-state index in [0.29, 0.717) is 22.8 Å². The van der Waals surface area contributed by atoms with Gasteiger partial charge in [-0.05, 0) is 50.1 Å². The molecule has 0 fully saturated rings. The van der Waals surface area contributed by atoms with Crippen LogP contribution < -0.4 is 5.32 Å². The molecule has 0 aliphatic heterocycles. The number of thioether (sulfide) groups is 1. The molecular weight excluding hydrogens is 444 g/mol. The third kappa shape index (κ3) is 5.61. The van der Waals surface area contributed by atoms with Crippen molar-refractivity contribution in [3.63, 3.8) is 0 Å². The van der Waals surface area contributed by atoms with Gasteiger partial charge in [0.25, 0.3) is 0 Å². The third-order valence-corrected chi connectivity index (χ3v) is 6.31. The third-order valence-electron chi connectivity index (χ3n) is 5.38. The fourth-order valence-corrected chi connectivity index (χ4v) is 4.49. The fourth-order valence-electron chi connectivity index (χ4n) is 3.73. The molecule has 0 atom stereocenters. The molecule has 7 heteroatoms. The molecule has 0 unspecified atom stereocenters. The Labute approximate surface area is 203 Å². The van der Waals surface area contributed by atoms with Gasteiger partial charge in [0.15, 0.2) is 10.9 Å². The molecule has 1 N–H and O–H groups in total. The Morgan fingerprint density at radius 1 is 0.941 bits per heavy atom. The molecule has 1 heterocycles. The van der Waals surface area contributed by atoms with Gasteiger partial charge in [-0.1, -0.05) is 71.9 Å². The van der Waals surface area contributed by atoms with Crippen molar-refractivity contribution in [2.45, 2.75) is 32.3 Å². The smallest absolute Gasteiger partial charge is 0.234 e. The summed E-state index contributed by atoms with van der Waals surface area (Å²) < 4.78 is 2.04. The quantitative estimate of drug-likeness (QED) is 0.275. The highest BCUT2D eigenvalue weighted by atomic mass is 32.2. The van der Waals surface area contributed by atoms with E-state index >= 15 is 0 Å². The molecule has 0 bridgehead atoms. The highest BCUT2D eigenvalue weighted by Gasteiger charge is 2.18. The number of nitrogens with zero attached hydrogens (tertiary/aromatic N) is 3. The van der Waals surface area contributed by atoms with Gasteiger partial charge in [-0.2, -0.15) is 0 Å². The Kier molecular flexibility index (Phi) is 7.23. The molecule has 0 aliphatic rings. The number of Topliss-reactive ketones (excluding diaryl/α,β-unsaturated/α-hetero) is 1. The van der Waals surface area contributed by atoms with E-state index in [1.807, 2.05) is 22.8 Å². The monoisotopic (exact) mass is 470 g/mol. The van der Waals surface area contributed by atoms with Crippen LogP contribution in [-0.4, -0.2) is 32.2 Å². The van der Waals surface area contributed by atoms with Crippen molar-refractivity contribution in [1.29, 1.82) is 0 Å². The van der Waals surface area contributed by atoms with Gasteiger partial charge >= 0.3 is 0 Å². The molecule has 1 amide bonds. The first-order valence-electron chi connectivity index (χ1n) is 11.0. The van der Waals surface area contributed by atoms with Crippen molar-refractivity contribution in [3.05, 3.63) is 101 Å². The van der Waals surface area contributed by atoms with E-state index in [9.17, 15) is 9.59 Å². The zero-order valence-electron chi connectivity index (χ0n) is 19.4. The Morgan fingerprint density at radius 3 is 2.47 bits per heavy atom. The summed E-state index contributed by atoms with van der Waals surface area (Å²) in [5.41, 5.74) is 5.59. The summed E-state index contributed by atoms with van der Waals surface area (Å²) in [6, 6.07) is 23.3. The predicted molar refractivity (Wildman–Crippen MR) is 136 cm³/mol. The zero-order valence-corrected chi connectivity index (χ0v) is 20.2. The van der Waals surface area contributed by atoms with E-state index in [0.717, 1.165) is 22.6 Å². The Balaban J connectivity index is 1.57. The van der Waals surface area contributed by atoms with Crippen molar-refractivity contribution >= 4 is 29.1 Å². The molecule has 0 aliphatic carbocycles. The minimum atomic E-state index is -0.175. The lowest BCUT2D eigenvalue weighted by atomic mass is 10.1. The highest BCUT2D eigenvalue weighted by molar-refractivity contribution is 7.99. The van der Waals surface area contributed by atoms with Crippen LogP contribution in [-0.2, 0) is 11.2 Å². The van der Waals surface area contributed by atoms with Crippen LogP contribution in [0.3, 0.4) is 0 Å². The van der Waals surface area contributed by atoms with Gasteiger partial charge in [0.1, 0.15) is 5.82 Å². The van der Waals surface area contributed by atoms with E-state index < -0.39 is 0 Å². The summed E-state index contributed by atoms with van der Waals surface area (Å²) in [5, 5.41) is 12.4. The predicted octanol–water partition coefficient (Wildman–Crippen LogP) is 5.41. The van der Waals surface area contributed by atoms with Crippen LogP contribution in [0.2, 0.25) is 0 Å². The van der Waals surface area contributed by atoms with Crippen molar-refractivity contribution in [2.24, 2.45) is 0 Å². The Morgan fingerprint density at radius 2 is 1.74 bits per heavy atom. The number of aryl methyl sites for hydroxylation is 2. The average Bonchev–Trinajstić information content (AvgIpc) is 3.20. The number of rotatable bonds is 8. The molecule has 6 nitrogen and oxygen atoms in total. The van der Waals surface area contributed by atoms with E-state index in [-0.39, 0.29) is 17.4 Å². The number of anilines is 1. The molecule has 3 aromatic carbocycles.